The largest absolute Gasteiger partial charge is 0.491 e. The quantitative estimate of drug-likeness (QED) is 0.522. The molecule has 1 aliphatic rings. The molecule has 0 saturated heterocycles. The number of hydrogen-bond acceptors (Lipinski definition) is 10. The molecule has 0 atom stereocenters. The predicted octanol–water partition coefficient (Wildman–Crippen LogP) is 3.29. The van der Waals surface area contributed by atoms with Crippen LogP contribution in [0, 0.1) is 6.92 Å². The number of methoxy groups -OCH3 is 1. The zero-order valence-corrected chi connectivity index (χ0v) is 17.8. The fourth-order valence-corrected chi connectivity index (χ4v) is 4.32. The summed E-state index contributed by atoms with van der Waals surface area (Å²) in [5.74, 6) is 2.42. The molecule has 0 spiro atoms. The number of benzene rings is 1. The standard InChI is InChI=1S/C19H18N4O5S2/c1-11-22-23-19(30-11)29-9-13-6-16(17(25-2)7-20-13)26-8-18(24)21-12-3-4-14-15(5-12)28-10-27-14/h3-7H,8-10H2,1-2H3,(H,21,24). The van der Waals surface area contributed by atoms with Crippen molar-refractivity contribution in [3.63, 3.8) is 0 Å². The van der Waals surface area contributed by atoms with Crippen LogP contribution in [0.4, 0.5) is 5.69 Å². The summed E-state index contributed by atoms with van der Waals surface area (Å²) in [6.07, 6.45) is 1.58. The Labute approximate surface area is 180 Å². The summed E-state index contributed by atoms with van der Waals surface area (Å²) in [4.78, 5) is 16.7. The molecular formula is C19H18N4O5S2. The van der Waals surface area contributed by atoms with Crippen LogP contribution in [-0.2, 0) is 10.5 Å². The molecule has 1 amide bonds. The Bertz CT molecular complexity index is 1060. The Kier molecular flexibility index (Phi) is 6.19. The SMILES string of the molecule is COc1cnc(CSc2nnc(C)s2)cc1OCC(=O)Nc1ccc2c(c1)OCO2. The molecule has 3 aromatic rings. The summed E-state index contributed by atoms with van der Waals surface area (Å²) in [5.41, 5.74) is 1.37. The molecule has 0 radical (unpaired) electrons. The Morgan fingerprint density at radius 1 is 1.23 bits per heavy atom. The van der Waals surface area contributed by atoms with Crippen molar-refractivity contribution in [2.75, 3.05) is 25.8 Å². The lowest BCUT2D eigenvalue weighted by atomic mass is 10.3. The molecule has 11 heteroatoms. The van der Waals surface area contributed by atoms with E-state index in [1.54, 1.807) is 30.5 Å². The first-order chi connectivity index (χ1) is 14.6. The maximum Gasteiger partial charge on any atom is 0.262 e. The molecule has 2 aromatic heterocycles. The third-order valence-corrected chi connectivity index (χ3v) is 5.98. The first-order valence-corrected chi connectivity index (χ1v) is 10.7. The minimum atomic E-state index is -0.312. The first kappa shape index (κ1) is 20.2. The number of aryl methyl sites for hydroxylation is 1. The predicted molar refractivity (Wildman–Crippen MR) is 112 cm³/mol. The van der Waals surface area contributed by atoms with Gasteiger partial charge in [-0.25, -0.2) is 0 Å². The molecule has 1 aromatic carbocycles. The second-order valence-corrected chi connectivity index (χ2v) is 8.51. The van der Waals surface area contributed by atoms with E-state index >= 15 is 0 Å². The molecule has 0 saturated carbocycles. The maximum atomic E-state index is 12.3. The van der Waals surface area contributed by atoms with Crippen molar-refractivity contribution in [2.24, 2.45) is 0 Å². The van der Waals surface area contributed by atoms with Gasteiger partial charge in [-0.2, -0.15) is 0 Å². The van der Waals surface area contributed by atoms with Gasteiger partial charge in [0.2, 0.25) is 6.79 Å². The minimum Gasteiger partial charge on any atom is -0.491 e. The maximum absolute atomic E-state index is 12.3. The number of pyridine rings is 1. The molecule has 0 aliphatic carbocycles. The van der Waals surface area contributed by atoms with Crippen molar-refractivity contribution in [3.05, 3.63) is 41.2 Å². The van der Waals surface area contributed by atoms with Gasteiger partial charge < -0.3 is 24.3 Å². The van der Waals surface area contributed by atoms with E-state index in [2.05, 4.69) is 20.5 Å². The van der Waals surface area contributed by atoms with Gasteiger partial charge in [-0.3, -0.25) is 9.78 Å². The molecule has 0 unspecified atom stereocenters. The highest BCUT2D eigenvalue weighted by Gasteiger charge is 2.15. The number of thioether (sulfide) groups is 1. The number of carbonyl (C=O) groups excluding carboxylic acids is 1. The summed E-state index contributed by atoms with van der Waals surface area (Å²) in [7, 11) is 1.52. The number of anilines is 1. The first-order valence-electron chi connectivity index (χ1n) is 8.89. The molecule has 156 valence electrons. The second-order valence-electron chi connectivity index (χ2n) is 6.11. The molecule has 3 heterocycles. The molecule has 4 rings (SSSR count). The van der Waals surface area contributed by atoms with E-state index in [4.69, 9.17) is 18.9 Å². The lowest BCUT2D eigenvalue weighted by molar-refractivity contribution is -0.118. The van der Waals surface area contributed by atoms with Crippen LogP contribution in [0.3, 0.4) is 0 Å². The molecule has 1 N–H and O–H groups in total. The molecule has 1 aliphatic heterocycles. The van der Waals surface area contributed by atoms with Crippen molar-refractivity contribution in [1.29, 1.82) is 0 Å². The lowest BCUT2D eigenvalue weighted by Crippen LogP contribution is -2.20. The van der Waals surface area contributed by atoms with E-state index in [-0.39, 0.29) is 19.3 Å². The minimum absolute atomic E-state index is 0.178. The highest BCUT2D eigenvalue weighted by Crippen LogP contribution is 2.34. The molecule has 30 heavy (non-hydrogen) atoms. The van der Waals surface area contributed by atoms with Crippen molar-refractivity contribution in [3.8, 4) is 23.0 Å². The van der Waals surface area contributed by atoms with Gasteiger partial charge in [0.15, 0.2) is 33.9 Å². The van der Waals surface area contributed by atoms with Crippen LogP contribution in [0.5, 0.6) is 23.0 Å². The molecule has 0 bridgehead atoms. The summed E-state index contributed by atoms with van der Waals surface area (Å²) >= 11 is 3.07. The van der Waals surface area contributed by atoms with Crippen LogP contribution < -0.4 is 24.3 Å². The van der Waals surface area contributed by atoms with Gasteiger partial charge in [0, 0.05) is 23.6 Å². The third-order valence-electron chi connectivity index (χ3n) is 3.97. The average molecular weight is 447 g/mol. The van der Waals surface area contributed by atoms with Gasteiger partial charge in [-0.15, -0.1) is 10.2 Å². The monoisotopic (exact) mass is 446 g/mol. The van der Waals surface area contributed by atoms with Crippen LogP contribution in [0.15, 0.2) is 34.8 Å². The molecule has 0 fully saturated rings. The number of ether oxygens (including phenoxy) is 4. The van der Waals surface area contributed by atoms with E-state index in [1.807, 2.05) is 6.92 Å². The number of fused-ring (bicyclic) bond motifs is 1. The van der Waals surface area contributed by atoms with Crippen LogP contribution in [0.25, 0.3) is 0 Å². The third kappa shape index (κ3) is 4.92. The topological polar surface area (TPSA) is 105 Å². The van der Waals surface area contributed by atoms with Gasteiger partial charge in [0.1, 0.15) is 5.01 Å². The number of rotatable bonds is 8. The number of carbonyl (C=O) groups is 1. The Balaban J connectivity index is 1.36. The van der Waals surface area contributed by atoms with Crippen LogP contribution in [0.1, 0.15) is 10.7 Å². The van der Waals surface area contributed by atoms with Gasteiger partial charge >= 0.3 is 0 Å². The van der Waals surface area contributed by atoms with Crippen molar-refractivity contribution in [1.82, 2.24) is 15.2 Å². The van der Waals surface area contributed by atoms with E-state index in [0.29, 0.717) is 34.4 Å². The van der Waals surface area contributed by atoms with Crippen LogP contribution >= 0.6 is 23.1 Å². The summed E-state index contributed by atoms with van der Waals surface area (Å²) in [6.45, 7) is 1.90. The highest BCUT2D eigenvalue weighted by atomic mass is 32.2. The van der Waals surface area contributed by atoms with Crippen LogP contribution in [-0.4, -0.2) is 41.6 Å². The smallest absolute Gasteiger partial charge is 0.262 e. The average Bonchev–Trinajstić information content (AvgIpc) is 3.39. The van der Waals surface area contributed by atoms with Crippen LogP contribution in [0.2, 0.25) is 0 Å². The van der Waals surface area contributed by atoms with Gasteiger partial charge in [0.25, 0.3) is 5.91 Å². The summed E-state index contributed by atoms with van der Waals surface area (Å²) in [6, 6.07) is 6.95. The Morgan fingerprint density at radius 2 is 2.10 bits per heavy atom. The van der Waals surface area contributed by atoms with Gasteiger partial charge in [0.05, 0.1) is 19.0 Å². The zero-order valence-electron chi connectivity index (χ0n) is 16.2. The Hall–Kier alpha value is -3.05. The van der Waals surface area contributed by atoms with E-state index in [1.165, 1.54) is 30.2 Å². The lowest BCUT2D eigenvalue weighted by Gasteiger charge is -2.12. The van der Waals surface area contributed by atoms with Gasteiger partial charge in [-0.1, -0.05) is 23.1 Å². The normalized spacial score (nSPS) is 11.9. The number of nitrogens with one attached hydrogen (secondary N) is 1. The molecule has 9 nitrogen and oxygen atoms in total. The summed E-state index contributed by atoms with van der Waals surface area (Å²) < 4.78 is 22.4. The fourth-order valence-electron chi connectivity index (χ4n) is 2.60. The zero-order chi connectivity index (χ0) is 20.9. The van der Waals surface area contributed by atoms with Gasteiger partial charge in [-0.05, 0) is 19.1 Å². The van der Waals surface area contributed by atoms with E-state index < -0.39 is 0 Å². The number of nitrogens with zero attached hydrogens (tertiary/aromatic N) is 3. The molecular weight excluding hydrogens is 428 g/mol. The summed E-state index contributed by atoms with van der Waals surface area (Å²) in [5, 5.41) is 11.8. The van der Waals surface area contributed by atoms with E-state index in [0.717, 1.165) is 15.0 Å². The van der Waals surface area contributed by atoms with Crippen molar-refractivity contribution in [2.45, 2.75) is 17.0 Å². The fraction of sp³-hybridized carbons (Fsp3) is 0.263. The second kappa shape index (κ2) is 9.18. The van der Waals surface area contributed by atoms with Crippen molar-refractivity contribution >= 4 is 34.7 Å². The highest BCUT2D eigenvalue weighted by molar-refractivity contribution is 8.00. The number of aromatic nitrogens is 3. The van der Waals surface area contributed by atoms with Crippen molar-refractivity contribution < 1.29 is 23.7 Å². The van der Waals surface area contributed by atoms with E-state index in [9.17, 15) is 4.79 Å². The number of hydrogen-bond donors (Lipinski definition) is 1. The Morgan fingerprint density at radius 3 is 2.90 bits per heavy atom. The number of amides is 1.